The second kappa shape index (κ2) is 13.1. The number of anilines is 1. The van der Waals surface area contributed by atoms with Crippen molar-refractivity contribution in [1.29, 1.82) is 0 Å². The van der Waals surface area contributed by atoms with Crippen molar-refractivity contribution in [2.75, 3.05) is 12.4 Å². The van der Waals surface area contributed by atoms with Gasteiger partial charge in [0, 0.05) is 29.3 Å². The Bertz CT molecular complexity index is 1600. The normalized spacial score (nSPS) is 19.8. The molecule has 0 spiro atoms. The predicted molar refractivity (Wildman–Crippen MR) is 159 cm³/mol. The zero-order chi connectivity index (χ0) is 30.5. The van der Waals surface area contributed by atoms with Gasteiger partial charge in [-0.05, 0) is 75.5 Å². The Morgan fingerprint density at radius 3 is 2.49 bits per heavy atom. The van der Waals surface area contributed by atoms with Crippen LogP contribution in [0.15, 0.2) is 64.0 Å². The molecule has 2 aliphatic carbocycles. The maximum atomic E-state index is 13.4. The van der Waals surface area contributed by atoms with Crippen LogP contribution in [-0.4, -0.2) is 47.5 Å². The largest absolute Gasteiger partial charge is 0.466 e. The molecule has 0 unspecified atom stereocenters. The van der Waals surface area contributed by atoms with Gasteiger partial charge in [0.15, 0.2) is 5.76 Å². The minimum Gasteiger partial charge on any atom is -0.466 e. The molecule has 1 aromatic carbocycles. The van der Waals surface area contributed by atoms with Crippen LogP contribution < -0.4 is 21.5 Å². The highest BCUT2D eigenvalue weighted by Gasteiger charge is 2.42. The van der Waals surface area contributed by atoms with Gasteiger partial charge in [-0.2, -0.15) is 0 Å². The Morgan fingerprint density at radius 2 is 1.79 bits per heavy atom. The van der Waals surface area contributed by atoms with E-state index in [1.807, 2.05) is 12.1 Å². The summed E-state index contributed by atoms with van der Waals surface area (Å²) in [4.78, 5) is 64.1. The summed E-state index contributed by atoms with van der Waals surface area (Å²) in [7, 11) is 1.26. The molecule has 226 valence electrons. The summed E-state index contributed by atoms with van der Waals surface area (Å²) in [6.45, 7) is 1.59. The molecule has 11 heteroatoms. The number of pyridine rings is 1. The minimum atomic E-state index is -1.07. The monoisotopic (exact) mass is 588 g/mol. The van der Waals surface area contributed by atoms with Crippen molar-refractivity contribution in [1.82, 2.24) is 15.2 Å². The third-order valence-electron chi connectivity index (χ3n) is 8.50. The molecule has 2 aliphatic rings. The number of nitrogens with zero attached hydrogens (tertiary/aromatic N) is 1. The lowest BCUT2D eigenvalue weighted by atomic mass is 10.0. The van der Waals surface area contributed by atoms with Crippen molar-refractivity contribution >= 4 is 40.3 Å². The highest BCUT2D eigenvalue weighted by atomic mass is 16.5. The molecule has 5 rings (SSSR count). The number of hydrogen-bond donors (Lipinski definition) is 3. The molecular formula is C32H36N4O7. The molecule has 1 atom stereocenters. The number of methoxy groups -OCH3 is 1. The smallest absolute Gasteiger partial charge is 0.330 e. The maximum absolute atomic E-state index is 13.4. The van der Waals surface area contributed by atoms with Crippen molar-refractivity contribution in [3.05, 3.63) is 76.4 Å². The summed E-state index contributed by atoms with van der Waals surface area (Å²) in [5, 5.41) is 9.21. The molecule has 3 aromatic rings. The average Bonchev–Trinajstić information content (AvgIpc) is 3.68. The lowest BCUT2D eigenvalue weighted by Gasteiger charge is -2.19. The summed E-state index contributed by atoms with van der Waals surface area (Å²) >= 11 is 0. The van der Waals surface area contributed by atoms with Crippen LogP contribution >= 0.6 is 0 Å². The van der Waals surface area contributed by atoms with Gasteiger partial charge in [0.2, 0.25) is 11.8 Å². The molecule has 2 heterocycles. The number of nitrogens with one attached hydrogen (secondary N) is 3. The first-order valence-electron chi connectivity index (χ1n) is 14.6. The molecule has 2 bridgehead atoms. The highest BCUT2D eigenvalue weighted by Crippen LogP contribution is 2.44. The van der Waals surface area contributed by atoms with Gasteiger partial charge >= 0.3 is 5.97 Å². The number of furan rings is 1. The van der Waals surface area contributed by atoms with E-state index in [0.717, 1.165) is 31.1 Å². The van der Waals surface area contributed by atoms with Gasteiger partial charge in [-0.25, -0.2) is 4.79 Å². The molecule has 3 amide bonds. The number of para-hydroxylation sites is 1. The molecule has 0 radical (unpaired) electrons. The van der Waals surface area contributed by atoms with Crippen LogP contribution in [0.1, 0.15) is 54.6 Å². The van der Waals surface area contributed by atoms with Crippen molar-refractivity contribution in [2.45, 2.75) is 64.1 Å². The SMILES string of the molecule is COC(=O)/C=C/CC[C@H](NC(=O)c1oc2ccccc2c1C)C(=O)Nc1cccn(CC(=O)NC2C3CCC2CC3)c1=O. The fraction of sp³-hybridized carbons (Fsp3) is 0.406. The first-order valence-corrected chi connectivity index (χ1v) is 14.6. The van der Waals surface area contributed by atoms with E-state index >= 15 is 0 Å². The van der Waals surface area contributed by atoms with Crippen LogP contribution in [0.3, 0.4) is 0 Å². The lowest BCUT2D eigenvalue weighted by molar-refractivity contribution is -0.134. The molecule has 2 saturated carbocycles. The van der Waals surface area contributed by atoms with Crippen molar-refractivity contribution in [2.24, 2.45) is 11.8 Å². The number of carbonyl (C=O) groups excluding carboxylic acids is 4. The van der Waals surface area contributed by atoms with Crippen LogP contribution in [-0.2, 0) is 25.7 Å². The molecule has 2 aromatic heterocycles. The third-order valence-corrected chi connectivity index (χ3v) is 8.50. The van der Waals surface area contributed by atoms with E-state index in [1.54, 1.807) is 25.1 Å². The first-order chi connectivity index (χ1) is 20.7. The number of fused-ring (bicyclic) bond motifs is 3. The number of amides is 3. The van der Waals surface area contributed by atoms with E-state index in [0.29, 0.717) is 23.0 Å². The Morgan fingerprint density at radius 1 is 1.07 bits per heavy atom. The number of rotatable bonds is 11. The van der Waals surface area contributed by atoms with E-state index in [9.17, 15) is 24.0 Å². The quantitative estimate of drug-likeness (QED) is 0.229. The van der Waals surface area contributed by atoms with E-state index in [-0.39, 0.29) is 42.8 Å². The topological polar surface area (TPSA) is 149 Å². The number of aryl methyl sites for hydroxylation is 1. The zero-order valence-corrected chi connectivity index (χ0v) is 24.3. The maximum Gasteiger partial charge on any atom is 0.330 e. The number of aromatic nitrogens is 1. The number of hydrogen-bond acceptors (Lipinski definition) is 7. The van der Waals surface area contributed by atoms with Crippen LogP contribution in [0.2, 0.25) is 0 Å². The Hall–Kier alpha value is -4.67. The summed E-state index contributed by atoms with van der Waals surface area (Å²) in [5.74, 6) is -0.906. The van der Waals surface area contributed by atoms with Gasteiger partial charge in [0.25, 0.3) is 11.5 Å². The van der Waals surface area contributed by atoms with Gasteiger partial charge < -0.3 is 29.7 Å². The molecule has 11 nitrogen and oxygen atoms in total. The molecular weight excluding hydrogens is 552 g/mol. The van der Waals surface area contributed by atoms with Gasteiger partial charge in [0.1, 0.15) is 23.9 Å². The number of esters is 1. The van der Waals surface area contributed by atoms with E-state index < -0.39 is 29.4 Å². The molecule has 0 aliphatic heterocycles. The van der Waals surface area contributed by atoms with Crippen LogP contribution in [0.25, 0.3) is 11.0 Å². The minimum absolute atomic E-state index is 0.0227. The first kappa shape index (κ1) is 29.8. The van der Waals surface area contributed by atoms with E-state index in [2.05, 4.69) is 20.7 Å². The van der Waals surface area contributed by atoms with Gasteiger partial charge in [-0.1, -0.05) is 24.3 Å². The third kappa shape index (κ3) is 6.71. The van der Waals surface area contributed by atoms with Crippen LogP contribution in [0.4, 0.5) is 5.69 Å². The van der Waals surface area contributed by atoms with Crippen LogP contribution in [0, 0.1) is 18.8 Å². The molecule has 2 fully saturated rings. The fourth-order valence-corrected chi connectivity index (χ4v) is 6.24. The Labute approximate surface area is 248 Å². The second-order valence-corrected chi connectivity index (χ2v) is 11.2. The summed E-state index contributed by atoms with van der Waals surface area (Å²) < 4.78 is 11.6. The van der Waals surface area contributed by atoms with Gasteiger partial charge in [-0.15, -0.1) is 0 Å². The molecule has 3 N–H and O–H groups in total. The predicted octanol–water partition coefficient (Wildman–Crippen LogP) is 3.45. The van der Waals surface area contributed by atoms with Crippen molar-refractivity contribution in [3.63, 3.8) is 0 Å². The summed E-state index contributed by atoms with van der Waals surface area (Å²) in [5.41, 5.74) is 0.615. The summed E-state index contributed by atoms with van der Waals surface area (Å²) in [6.07, 6.45) is 9.17. The van der Waals surface area contributed by atoms with Gasteiger partial charge in [-0.3, -0.25) is 19.2 Å². The van der Waals surface area contributed by atoms with Gasteiger partial charge in [0.05, 0.1) is 7.11 Å². The average molecular weight is 589 g/mol. The zero-order valence-electron chi connectivity index (χ0n) is 24.3. The number of ether oxygens (including phenoxy) is 1. The molecule has 43 heavy (non-hydrogen) atoms. The Kier molecular flexibility index (Phi) is 9.08. The molecule has 0 saturated heterocycles. The fourth-order valence-electron chi connectivity index (χ4n) is 6.24. The van der Waals surface area contributed by atoms with Crippen molar-refractivity contribution in [3.8, 4) is 0 Å². The summed E-state index contributed by atoms with van der Waals surface area (Å²) in [6, 6.07) is 9.34. The second-order valence-electron chi connectivity index (χ2n) is 11.2. The number of carbonyl (C=O) groups is 4. The van der Waals surface area contributed by atoms with Crippen LogP contribution in [0.5, 0.6) is 0 Å². The lowest BCUT2D eigenvalue weighted by Crippen LogP contribution is -2.45. The highest BCUT2D eigenvalue weighted by molar-refractivity contribution is 6.03. The van der Waals surface area contributed by atoms with Crippen molar-refractivity contribution < 1.29 is 28.3 Å². The Balaban J connectivity index is 1.29. The van der Waals surface area contributed by atoms with E-state index in [1.165, 1.54) is 36.1 Å². The number of allylic oxidation sites excluding steroid dienone is 1. The number of benzene rings is 1. The standard InChI is InChI=1S/C32H36N4O7/c1-19-22-8-3-5-11-25(22)43-29(19)31(40)33-23(9-4-6-12-27(38)42-2)30(39)34-24-10-7-17-36(32(24)41)18-26(37)35-28-20-13-14-21(28)16-15-20/h3,5-8,10-12,17,20-21,23,28H,4,9,13-16,18H2,1-2H3,(H,33,40)(H,34,39)(H,35,37)/b12-6+/t20?,21?,23-,28?/m0/s1. The van der Waals surface area contributed by atoms with E-state index in [4.69, 9.17) is 4.42 Å².